The van der Waals surface area contributed by atoms with Gasteiger partial charge in [0, 0.05) is 46.7 Å². The van der Waals surface area contributed by atoms with Crippen LogP contribution in [0.5, 0.6) is 0 Å². The zero-order valence-corrected chi connectivity index (χ0v) is 21.4. The summed E-state index contributed by atoms with van der Waals surface area (Å²) in [5.74, 6) is 0. The Bertz CT molecular complexity index is 457. The van der Waals surface area contributed by atoms with Gasteiger partial charge in [0.15, 0.2) is 0 Å². The van der Waals surface area contributed by atoms with E-state index < -0.39 is 0 Å². The molecule has 0 aromatic heterocycles. The molecule has 11 heteroatoms. The molecule has 0 atom stereocenters. The van der Waals surface area contributed by atoms with Gasteiger partial charge in [0.05, 0.1) is 26.4 Å². The molecular formula is C16H31N3O2S6. The number of nitrogens with zero attached hydrogens (tertiary/aromatic N) is 2. The molecule has 0 aromatic carbocycles. The monoisotopic (exact) mass is 489 g/mol. The minimum absolute atomic E-state index is 0.153. The van der Waals surface area contributed by atoms with Gasteiger partial charge in [0.1, 0.15) is 4.32 Å². The first-order chi connectivity index (χ1) is 12.8. The van der Waals surface area contributed by atoms with E-state index in [1.54, 1.807) is 21.8 Å². The van der Waals surface area contributed by atoms with E-state index in [1.165, 1.54) is 0 Å². The Balaban J connectivity index is 1.64. The second-order valence-electron chi connectivity index (χ2n) is 7.65. The van der Waals surface area contributed by atoms with Gasteiger partial charge in [-0.15, -0.1) is 0 Å². The largest absolute Gasteiger partial charge is 0.379 e. The summed E-state index contributed by atoms with van der Waals surface area (Å²) in [6, 6.07) is 0. The number of rotatable bonds is 9. The first kappa shape index (κ1) is 24.7. The zero-order valence-electron chi connectivity index (χ0n) is 16.5. The van der Waals surface area contributed by atoms with E-state index in [0.29, 0.717) is 0 Å². The third-order valence-electron chi connectivity index (χ3n) is 3.93. The number of hydrogen-bond acceptors (Lipinski definition) is 10. The van der Waals surface area contributed by atoms with Gasteiger partial charge in [-0.25, -0.2) is 5.01 Å². The second-order valence-corrected chi connectivity index (χ2v) is 15.5. The molecule has 2 saturated heterocycles. The van der Waals surface area contributed by atoms with Gasteiger partial charge in [0.2, 0.25) is 0 Å². The highest BCUT2D eigenvalue weighted by molar-refractivity contribution is 9.09. The first-order valence-corrected chi connectivity index (χ1v) is 15.1. The Labute approximate surface area is 189 Å². The molecule has 158 valence electrons. The minimum Gasteiger partial charge on any atom is -0.379 e. The predicted octanol–water partition coefficient (Wildman–Crippen LogP) is 4.71. The average molecular weight is 490 g/mol. The molecule has 27 heavy (non-hydrogen) atoms. The summed E-state index contributed by atoms with van der Waals surface area (Å²) in [7, 11) is 9.09. The Morgan fingerprint density at radius 3 is 2.11 bits per heavy atom. The van der Waals surface area contributed by atoms with Crippen LogP contribution in [0.4, 0.5) is 0 Å². The molecule has 0 amide bonds. The number of thiocarbonyl (C=S) groups is 1. The van der Waals surface area contributed by atoms with Crippen LogP contribution >= 0.6 is 65.4 Å². The molecular weight excluding hydrogens is 459 g/mol. The molecule has 0 bridgehead atoms. The molecule has 5 nitrogen and oxygen atoms in total. The normalized spacial score (nSPS) is 20.1. The average Bonchev–Trinajstić information content (AvgIpc) is 2.64. The SMILES string of the molecule is CC(C)(CC(C)(C)SSC(=S)N1CCOCC1)SSSNN1CCOCC1. The van der Waals surface area contributed by atoms with Crippen LogP contribution in [0.3, 0.4) is 0 Å². The van der Waals surface area contributed by atoms with Crippen molar-refractivity contribution in [3.8, 4) is 0 Å². The molecule has 0 spiro atoms. The molecule has 0 unspecified atom stereocenters. The molecule has 0 radical (unpaired) electrons. The summed E-state index contributed by atoms with van der Waals surface area (Å²) in [5.41, 5.74) is 0. The van der Waals surface area contributed by atoms with E-state index in [1.807, 2.05) is 31.4 Å². The minimum atomic E-state index is 0.153. The van der Waals surface area contributed by atoms with Crippen LogP contribution in [0.15, 0.2) is 0 Å². The summed E-state index contributed by atoms with van der Waals surface area (Å²) < 4.78 is 12.1. The molecule has 2 heterocycles. The fraction of sp³-hybridized carbons (Fsp3) is 0.938. The van der Waals surface area contributed by atoms with Crippen LogP contribution in [-0.2, 0) is 9.47 Å². The van der Waals surface area contributed by atoms with Crippen molar-refractivity contribution in [2.45, 2.75) is 43.6 Å². The molecule has 2 rings (SSSR count). The summed E-state index contributed by atoms with van der Waals surface area (Å²) in [4.78, 5) is 5.66. The molecule has 2 fully saturated rings. The van der Waals surface area contributed by atoms with Crippen LogP contribution in [0.25, 0.3) is 0 Å². The van der Waals surface area contributed by atoms with Gasteiger partial charge in [-0.2, -0.15) is 4.83 Å². The summed E-state index contributed by atoms with van der Waals surface area (Å²) in [6.07, 6.45) is 1.11. The lowest BCUT2D eigenvalue weighted by Gasteiger charge is -2.34. The number of hydrogen-bond donors (Lipinski definition) is 1. The molecule has 2 aliphatic rings. The number of nitrogens with one attached hydrogen (secondary N) is 1. The van der Waals surface area contributed by atoms with Crippen molar-refractivity contribution in [3.63, 3.8) is 0 Å². The van der Waals surface area contributed by atoms with Gasteiger partial charge < -0.3 is 14.4 Å². The van der Waals surface area contributed by atoms with Gasteiger partial charge in [0.25, 0.3) is 0 Å². The quantitative estimate of drug-likeness (QED) is 0.212. The van der Waals surface area contributed by atoms with Crippen LogP contribution in [0.2, 0.25) is 0 Å². The third-order valence-corrected chi connectivity index (χ3v) is 12.2. The van der Waals surface area contributed by atoms with Crippen LogP contribution in [0.1, 0.15) is 34.1 Å². The third kappa shape index (κ3) is 10.4. The van der Waals surface area contributed by atoms with Crippen molar-refractivity contribution in [2.24, 2.45) is 0 Å². The Morgan fingerprint density at radius 1 is 0.926 bits per heavy atom. The highest BCUT2D eigenvalue weighted by Crippen LogP contribution is 2.50. The van der Waals surface area contributed by atoms with Crippen molar-refractivity contribution in [1.82, 2.24) is 14.7 Å². The second kappa shape index (κ2) is 12.4. The van der Waals surface area contributed by atoms with Crippen LogP contribution < -0.4 is 4.83 Å². The van der Waals surface area contributed by atoms with E-state index in [9.17, 15) is 0 Å². The summed E-state index contributed by atoms with van der Waals surface area (Å²) in [6.45, 7) is 16.2. The molecule has 2 aliphatic heterocycles. The fourth-order valence-electron chi connectivity index (χ4n) is 2.86. The van der Waals surface area contributed by atoms with Crippen molar-refractivity contribution >= 4 is 69.7 Å². The smallest absolute Gasteiger partial charge is 0.147 e. The number of ether oxygens (including phenoxy) is 2. The van der Waals surface area contributed by atoms with Crippen molar-refractivity contribution in [2.75, 3.05) is 52.6 Å². The molecule has 0 aromatic rings. The van der Waals surface area contributed by atoms with Crippen LogP contribution in [-0.4, -0.2) is 76.3 Å². The summed E-state index contributed by atoms with van der Waals surface area (Å²) >= 11 is 5.61. The Morgan fingerprint density at radius 2 is 1.48 bits per heavy atom. The van der Waals surface area contributed by atoms with Crippen LogP contribution in [0, 0.1) is 0 Å². The van der Waals surface area contributed by atoms with Crippen molar-refractivity contribution in [3.05, 3.63) is 0 Å². The topological polar surface area (TPSA) is 37.0 Å². The molecule has 0 saturated carbocycles. The van der Waals surface area contributed by atoms with Crippen molar-refractivity contribution < 1.29 is 9.47 Å². The van der Waals surface area contributed by atoms with E-state index in [0.717, 1.165) is 63.3 Å². The lowest BCUT2D eigenvalue weighted by Crippen LogP contribution is -2.42. The van der Waals surface area contributed by atoms with Gasteiger partial charge in [-0.05, 0) is 54.7 Å². The standard InChI is InChI=1S/C16H31N3O2S6/c1-15(2,24-23-14(22)18-5-9-20-10-6-18)13-16(3,4)25-27-26-17-19-7-11-21-12-8-19/h17H,5-13H2,1-4H3. The Hall–Kier alpha value is 1.48. The van der Waals surface area contributed by atoms with E-state index in [2.05, 4.69) is 42.4 Å². The highest BCUT2D eigenvalue weighted by atomic mass is 33.5. The maximum atomic E-state index is 5.61. The maximum absolute atomic E-state index is 5.61. The highest BCUT2D eigenvalue weighted by Gasteiger charge is 2.31. The van der Waals surface area contributed by atoms with Gasteiger partial charge in [-0.1, -0.05) is 33.8 Å². The lowest BCUT2D eigenvalue weighted by molar-refractivity contribution is 0.0292. The van der Waals surface area contributed by atoms with Gasteiger partial charge >= 0.3 is 0 Å². The van der Waals surface area contributed by atoms with Gasteiger partial charge in [-0.3, -0.25) is 0 Å². The van der Waals surface area contributed by atoms with E-state index in [-0.39, 0.29) is 9.49 Å². The summed E-state index contributed by atoms with van der Waals surface area (Å²) in [5, 5.41) is 2.22. The fourth-order valence-corrected chi connectivity index (χ4v) is 10.3. The number of hydrazine groups is 1. The van der Waals surface area contributed by atoms with E-state index >= 15 is 0 Å². The Kier molecular flexibility index (Phi) is 11.3. The molecule has 0 aliphatic carbocycles. The lowest BCUT2D eigenvalue weighted by atomic mass is 9.99. The number of morpholine rings is 2. The zero-order chi connectivity index (χ0) is 19.8. The first-order valence-electron chi connectivity index (χ1n) is 9.09. The van der Waals surface area contributed by atoms with Crippen molar-refractivity contribution in [1.29, 1.82) is 0 Å². The van der Waals surface area contributed by atoms with E-state index in [4.69, 9.17) is 21.7 Å². The predicted molar refractivity (Wildman–Crippen MR) is 131 cm³/mol. The maximum Gasteiger partial charge on any atom is 0.147 e. The molecule has 1 N–H and O–H groups in total.